The van der Waals surface area contributed by atoms with Crippen LogP contribution in [0.25, 0.3) is 0 Å². The summed E-state index contributed by atoms with van der Waals surface area (Å²) in [6.45, 7) is 4.52. The second-order valence-electron chi connectivity index (χ2n) is 1.44. The molecule has 3 atom stereocenters. The molecule has 3 unspecified atom stereocenters. The van der Waals surface area contributed by atoms with Gasteiger partial charge in [-0.1, -0.05) is 30.1 Å². The molecule has 0 heterocycles. The van der Waals surface area contributed by atoms with Crippen LogP contribution in [0.4, 0.5) is 0 Å². The largest absolute Gasteiger partial charge is 0.110 e. The summed E-state index contributed by atoms with van der Waals surface area (Å²) >= 11 is 0. The maximum atomic E-state index is 2.76. The zero-order chi connectivity index (χ0) is 4.99. The molecule has 0 aliphatic heterocycles. The van der Waals surface area contributed by atoms with Crippen LogP contribution >= 0.6 is 25.2 Å². The fourth-order valence-corrected chi connectivity index (χ4v) is 4.50. The predicted octanol–water partition coefficient (Wildman–Crippen LogP) is 2.46. The molecule has 0 N–H and O–H groups in total. The van der Waals surface area contributed by atoms with Crippen LogP contribution in [0.15, 0.2) is 0 Å². The van der Waals surface area contributed by atoms with Gasteiger partial charge in [0.15, 0.2) is 0 Å². The minimum absolute atomic E-state index is 0.917. The molecule has 3 heteroatoms. The average Bonchev–Trinajstić information content (AvgIpc) is 1.35. The average molecular weight is 140 g/mol. The third kappa shape index (κ3) is 5.29. The van der Waals surface area contributed by atoms with E-state index in [0.717, 1.165) is 21.9 Å². The number of hydrogen-bond donors (Lipinski definition) is 0. The van der Waals surface area contributed by atoms with Gasteiger partial charge >= 0.3 is 0 Å². The van der Waals surface area contributed by atoms with E-state index in [0.29, 0.717) is 0 Å². The topological polar surface area (TPSA) is 0 Å². The predicted molar refractivity (Wildman–Crippen MR) is 41.5 cm³/mol. The standard InChI is InChI=1S/C3H11P3/c1-3(2)5-6-4/h3,5-6H,4H2,1-2H3. The summed E-state index contributed by atoms with van der Waals surface area (Å²) in [5, 5.41) is 0. The second kappa shape index (κ2) is 4.45. The molecule has 6 heavy (non-hydrogen) atoms. The molecule has 0 fully saturated rings. The lowest BCUT2D eigenvalue weighted by atomic mass is 10.6. The first-order valence-corrected chi connectivity index (χ1v) is 6.87. The fraction of sp³-hybridized carbons (Fsp3) is 1.00. The lowest BCUT2D eigenvalue weighted by molar-refractivity contribution is 1.11. The van der Waals surface area contributed by atoms with Crippen molar-refractivity contribution >= 4 is 25.2 Å². The van der Waals surface area contributed by atoms with Crippen molar-refractivity contribution < 1.29 is 0 Å². The first kappa shape index (κ1) is 7.29. The van der Waals surface area contributed by atoms with Crippen molar-refractivity contribution in [2.75, 3.05) is 0 Å². The van der Waals surface area contributed by atoms with Gasteiger partial charge in [-0.15, -0.1) is 8.93 Å². The Hall–Kier alpha value is 1.29. The van der Waals surface area contributed by atoms with E-state index in [9.17, 15) is 0 Å². The molecular weight excluding hydrogens is 129 g/mol. The normalized spacial score (nSPS) is 14.0. The van der Waals surface area contributed by atoms with Crippen LogP contribution < -0.4 is 0 Å². The van der Waals surface area contributed by atoms with Crippen molar-refractivity contribution in [3.8, 4) is 0 Å². The lowest BCUT2D eigenvalue weighted by Crippen LogP contribution is -1.73. The lowest BCUT2D eigenvalue weighted by Gasteiger charge is -1.96. The van der Waals surface area contributed by atoms with Gasteiger partial charge in [0.05, 0.1) is 0 Å². The highest BCUT2D eigenvalue weighted by atomic mass is 32.4. The summed E-state index contributed by atoms with van der Waals surface area (Å²) in [4.78, 5) is 0. The summed E-state index contributed by atoms with van der Waals surface area (Å²) < 4.78 is 0. The van der Waals surface area contributed by atoms with Crippen molar-refractivity contribution in [1.82, 2.24) is 0 Å². The van der Waals surface area contributed by atoms with E-state index in [1.807, 2.05) is 0 Å². The van der Waals surface area contributed by atoms with E-state index >= 15 is 0 Å². The van der Waals surface area contributed by atoms with Crippen molar-refractivity contribution in [2.45, 2.75) is 19.5 Å². The summed E-state index contributed by atoms with van der Waals surface area (Å²) in [6.07, 6.45) is 0. The smallest absolute Gasteiger partial charge is 0.0254 e. The van der Waals surface area contributed by atoms with E-state index in [2.05, 4.69) is 22.8 Å². The minimum atomic E-state index is 0.917. The Kier molecular flexibility index (Phi) is 5.41. The van der Waals surface area contributed by atoms with Crippen LogP contribution in [0.1, 0.15) is 13.8 Å². The summed E-state index contributed by atoms with van der Waals surface area (Å²) in [5.74, 6) is 0. The Labute approximate surface area is 45.4 Å². The second-order valence-corrected chi connectivity index (χ2v) is 7.51. The third-order valence-corrected chi connectivity index (χ3v) is 4.85. The Morgan fingerprint density at radius 3 is 2.00 bits per heavy atom. The quantitative estimate of drug-likeness (QED) is 0.517. The highest BCUT2D eigenvalue weighted by Gasteiger charge is 1.84. The van der Waals surface area contributed by atoms with Gasteiger partial charge in [-0.05, 0) is 5.66 Å². The summed E-state index contributed by atoms with van der Waals surface area (Å²) in [6, 6.07) is 0. The van der Waals surface area contributed by atoms with Crippen molar-refractivity contribution in [3.05, 3.63) is 0 Å². The van der Waals surface area contributed by atoms with Gasteiger partial charge in [0.2, 0.25) is 0 Å². The third-order valence-electron chi connectivity index (χ3n) is 0.372. The molecule has 0 saturated heterocycles. The maximum absolute atomic E-state index is 2.76. The molecule has 0 spiro atoms. The molecule has 0 saturated carbocycles. The minimum Gasteiger partial charge on any atom is -0.110 e. The molecule has 0 aromatic heterocycles. The molecule has 0 aromatic rings. The van der Waals surface area contributed by atoms with Crippen LogP contribution in [0, 0.1) is 0 Å². The van der Waals surface area contributed by atoms with Crippen LogP contribution in [0.2, 0.25) is 0 Å². The van der Waals surface area contributed by atoms with Gasteiger partial charge in [-0.2, -0.15) is 0 Å². The van der Waals surface area contributed by atoms with Gasteiger partial charge in [0, 0.05) is 0 Å². The molecule has 0 nitrogen and oxygen atoms in total. The monoisotopic (exact) mass is 140 g/mol. The van der Waals surface area contributed by atoms with E-state index in [1.165, 1.54) is 0 Å². The molecule has 0 aliphatic carbocycles. The van der Waals surface area contributed by atoms with Crippen LogP contribution in [0.5, 0.6) is 0 Å². The molecule has 0 bridgehead atoms. The van der Waals surface area contributed by atoms with Crippen LogP contribution in [-0.4, -0.2) is 5.66 Å². The Morgan fingerprint density at radius 2 is 2.00 bits per heavy atom. The fourth-order valence-electron chi connectivity index (χ4n) is 0.167. The molecular formula is C3H11P3. The van der Waals surface area contributed by atoms with Gasteiger partial charge in [0.1, 0.15) is 0 Å². The zero-order valence-electron chi connectivity index (χ0n) is 4.15. The zero-order valence-corrected chi connectivity index (χ0v) is 7.31. The number of rotatable bonds is 2. The first-order chi connectivity index (χ1) is 2.77. The highest BCUT2D eigenvalue weighted by Crippen LogP contribution is 2.46. The molecule has 0 rings (SSSR count). The molecule has 0 radical (unpaired) electrons. The van der Waals surface area contributed by atoms with Gasteiger partial charge in [-0.25, -0.2) is 0 Å². The maximum Gasteiger partial charge on any atom is -0.0254 e. The van der Waals surface area contributed by atoms with Crippen molar-refractivity contribution in [1.29, 1.82) is 0 Å². The van der Waals surface area contributed by atoms with E-state index in [-0.39, 0.29) is 0 Å². The summed E-state index contributed by atoms with van der Waals surface area (Å²) in [7, 11) is 5.01. The Balaban J connectivity index is 2.63. The van der Waals surface area contributed by atoms with Gasteiger partial charge in [0.25, 0.3) is 0 Å². The van der Waals surface area contributed by atoms with Crippen molar-refractivity contribution in [2.24, 2.45) is 0 Å². The van der Waals surface area contributed by atoms with E-state index in [4.69, 9.17) is 0 Å². The van der Waals surface area contributed by atoms with Gasteiger partial charge in [-0.3, -0.25) is 0 Å². The van der Waals surface area contributed by atoms with E-state index < -0.39 is 0 Å². The molecule has 38 valence electrons. The Bertz CT molecular complexity index is 27.2. The first-order valence-electron chi connectivity index (χ1n) is 1.98. The molecule has 0 aromatic carbocycles. The SMILES string of the molecule is CC(C)PPP. The molecule has 0 amide bonds. The Morgan fingerprint density at radius 1 is 1.50 bits per heavy atom. The molecule has 0 aliphatic rings. The van der Waals surface area contributed by atoms with Gasteiger partial charge < -0.3 is 0 Å². The van der Waals surface area contributed by atoms with Crippen molar-refractivity contribution in [3.63, 3.8) is 0 Å². The van der Waals surface area contributed by atoms with E-state index in [1.54, 1.807) is 0 Å². The number of hydrogen-bond acceptors (Lipinski definition) is 0. The van der Waals surface area contributed by atoms with Crippen LogP contribution in [-0.2, 0) is 0 Å². The highest BCUT2D eigenvalue weighted by molar-refractivity contribution is 8.39. The van der Waals surface area contributed by atoms with Crippen LogP contribution in [0.3, 0.4) is 0 Å². The summed E-state index contributed by atoms with van der Waals surface area (Å²) in [5.41, 5.74) is 0.917.